The minimum atomic E-state index is -1.07. The fourth-order valence-electron chi connectivity index (χ4n) is 2.63. The largest absolute Gasteiger partial charge is 0.465 e. The second-order valence-corrected chi connectivity index (χ2v) is 6.09. The van der Waals surface area contributed by atoms with Crippen LogP contribution in [0, 0.1) is 6.92 Å². The van der Waals surface area contributed by atoms with Crippen LogP contribution < -0.4 is 9.80 Å². The third-order valence-electron chi connectivity index (χ3n) is 3.97. The lowest BCUT2D eigenvalue weighted by Crippen LogP contribution is -2.37. The van der Waals surface area contributed by atoms with E-state index in [-0.39, 0.29) is 12.0 Å². The topological polar surface area (TPSA) is 86.9 Å². The van der Waals surface area contributed by atoms with Crippen LogP contribution >= 0.6 is 0 Å². The molecule has 3 aromatic rings. The lowest BCUT2D eigenvalue weighted by Gasteiger charge is -2.21. The summed E-state index contributed by atoms with van der Waals surface area (Å²) in [6, 6.07) is 7.76. The van der Waals surface area contributed by atoms with Crippen LogP contribution in [0.5, 0.6) is 0 Å². The Morgan fingerprint density at radius 1 is 1.20 bits per heavy atom. The van der Waals surface area contributed by atoms with Crippen molar-refractivity contribution in [2.75, 3.05) is 16.8 Å². The number of carbonyl (C=O) groups is 1. The van der Waals surface area contributed by atoms with Gasteiger partial charge in [-0.3, -0.25) is 4.40 Å². The van der Waals surface area contributed by atoms with Gasteiger partial charge in [0.05, 0.1) is 0 Å². The maximum absolute atomic E-state index is 11.6. The quantitative estimate of drug-likeness (QED) is 0.785. The van der Waals surface area contributed by atoms with E-state index in [1.54, 1.807) is 30.6 Å². The van der Waals surface area contributed by atoms with E-state index in [0.717, 1.165) is 5.69 Å². The average Bonchev–Trinajstić information content (AvgIpc) is 2.98. The molecule has 0 aliphatic rings. The van der Waals surface area contributed by atoms with Crippen molar-refractivity contribution in [1.82, 2.24) is 19.6 Å². The number of aromatic nitrogens is 4. The Morgan fingerprint density at radius 3 is 2.48 bits per heavy atom. The highest BCUT2D eigenvalue weighted by atomic mass is 16.4. The van der Waals surface area contributed by atoms with E-state index in [1.165, 1.54) is 10.5 Å². The Bertz CT molecular complexity index is 903. The van der Waals surface area contributed by atoms with Crippen LogP contribution in [0.4, 0.5) is 22.2 Å². The number of fused-ring (bicyclic) bond motifs is 1. The first-order valence-corrected chi connectivity index (χ1v) is 7.92. The summed E-state index contributed by atoms with van der Waals surface area (Å²) >= 11 is 0. The fraction of sp³-hybridized carbons (Fsp3) is 0.294. The first kappa shape index (κ1) is 16.7. The van der Waals surface area contributed by atoms with Crippen molar-refractivity contribution < 1.29 is 9.90 Å². The van der Waals surface area contributed by atoms with Gasteiger partial charge in [0, 0.05) is 31.2 Å². The van der Waals surface area contributed by atoms with Gasteiger partial charge in [0.25, 0.3) is 0 Å². The zero-order valence-corrected chi connectivity index (χ0v) is 14.6. The van der Waals surface area contributed by atoms with Crippen molar-refractivity contribution in [2.45, 2.75) is 26.8 Å². The van der Waals surface area contributed by atoms with Gasteiger partial charge in [-0.1, -0.05) is 17.7 Å². The van der Waals surface area contributed by atoms with Gasteiger partial charge in [0.1, 0.15) is 0 Å². The standard InChI is InChI=1S/C17H20N6O2/c1-11(2)23(17(24)25)16-20-19-15-14(18-9-10-22(15)16)21(4)13-7-5-12(3)6-8-13/h5-11H,1-4H3,(H,24,25). The molecule has 0 atom stereocenters. The third kappa shape index (κ3) is 2.98. The summed E-state index contributed by atoms with van der Waals surface area (Å²) < 4.78 is 1.64. The van der Waals surface area contributed by atoms with Crippen LogP contribution in [0.25, 0.3) is 5.65 Å². The van der Waals surface area contributed by atoms with Gasteiger partial charge in [-0.25, -0.2) is 14.7 Å². The molecule has 3 rings (SSSR count). The highest BCUT2D eigenvalue weighted by Gasteiger charge is 2.25. The molecule has 1 N–H and O–H groups in total. The summed E-state index contributed by atoms with van der Waals surface area (Å²) in [5.41, 5.74) is 2.62. The van der Waals surface area contributed by atoms with Crippen LogP contribution in [0.3, 0.4) is 0 Å². The monoisotopic (exact) mass is 340 g/mol. The van der Waals surface area contributed by atoms with Gasteiger partial charge in [-0.2, -0.15) is 0 Å². The smallest absolute Gasteiger partial charge is 0.414 e. The number of benzene rings is 1. The number of nitrogens with zero attached hydrogens (tertiary/aromatic N) is 6. The highest BCUT2D eigenvalue weighted by Crippen LogP contribution is 2.27. The molecule has 0 spiro atoms. The Morgan fingerprint density at radius 2 is 1.88 bits per heavy atom. The van der Waals surface area contributed by atoms with Crippen molar-refractivity contribution in [3.05, 3.63) is 42.2 Å². The molecule has 0 bridgehead atoms. The zero-order chi connectivity index (χ0) is 18.1. The predicted molar refractivity (Wildman–Crippen MR) is 95.7 cm³/mol. The second-order valence-electron chi connectivity index (χ2n) is 6.09. The number of anilines is 3. The Kier molecular flexibility index (Phi) is 4.26. The molecule has 8 heteroatoms. The second kappa shape index (κ2) is 6.39. The number of hydrogen-bond acceptors (Lipinski definition) is 5. The molecule has 25 heavy (non-hydrogen) atoms. The van der Waals surface area contributed by atoms with Crippen LogP contribution in [0.2, 0.25) is 0 Å². The highest BCUT2D eigenvalue weighted by molar-refractivity contribution is 5.85. The third-order valence-corrected chi connectivity index (χ3v) is 3.97. The number of amides is 1. The van der Waals surface area contributed by atoms with Gasteiger partial charge in [0.15, 0.2) is 5.82 Å². The summed E-state index contributed by atoms with van der Waals surface area (Å²) in [5.74, 6) is 0.845. The summed E-state index contributed by atoms with van der Waals surface area (Å²) in [4.78, 5) is 19.1. The molecule has 8 nitrogen and oxygen atoms in total. The van der Waals surface area contributed by atoms with Crippen molar-refractivity contribution >= 4 is 29.2 Å². The van der Waals surface area contributed by atoms with Crippen LogP contribution in [-0.2, 0) is 0 Å². The molecule has 1 aromatic carbocycles. The van der Waals surface area contributed by atoms with Gasteiger partial charge >= 0.3 is 6.09 Å². The molecule has 0 radical (unpaired) electrons. The Hall–Kier alpha value is -3.16. The first-order valence-electron chi connectivity index (χ1n) is 7.92. The molecule has 0 fully saturated rings. The van der Waals surface area contributed by atoms with E-state index in [4.69, 9.17) is 0 Å². The molecule has 0 unspecified atom stereocenters. The Labute approximate surface area is 145 Å². The van der Waals surface area contributed by atoms with Crippen LogP contribution in [0.15, 0.2) is 36.7 Å². The van der Waals surface area contributed by atoms with Gasteiger partial charge in [-0.15, -0.1) is 10.2 Å². The van der Waals surface area contributed by atoms with Gasteiger partial charge in [0.2, 0.25) is 11.6 Å². The maximum atomic E-state index is 11.6. The maximum Gasteiger partial charge on any atom is 0.414 e. The molecule has 0 aliphatic heterocycles. The fourth-order valence-corrected chi connectivity index (χ4v) is 2.63. The van der Waals surface area contributed by atoms with Crippen molar-refractivity contribution in [2.24, 2.45) is 0 Å². The predicted octanol–water partition coefficient (Wildman–Crippen LogP) is 3.09. The van der Waals surface area contributed by atoms with E-state index in [1.807, 2.05) is 43.1 Å². The normalized spacial score (nSPS) is 11.1. The van der Waals surface area contributed by atoms with E-state index in [2.05, 4.69) is 15.2 Å². The summed E-state index contributed by atoms with van der Waals surface area (Å²) in [6.45, 7) is 5.60. The van der Waals surface area contributed by atoms with Crippen LogP contribution in [-0.4, -0.2) is 43.9 Å². The van der Waals surface area contributed by atoms with E-state index in [9.17, 15) is 9.90 Å². The van der Waals surface area contributed by atoms with Crippen molar-refractivity contribution in [1.29, 1.82) is 0 Å². The molecular weight excluding hydrogens is 320 g/mol. The van der Waals surface area contributed by atoms with E-state index >= 15 is 0 Å². The SMILES string of the molecule is Cc1ccc(N(C)c2nccn3c(N(C(=O)O)C(C)C)nnc23)cc1. The Balaban J connectivity index is 2.10. The molecule has 1 amide bonds. The molecule has 2 aromatic heterocycles. The van der Waals surface area contributed by atoms with Gasteiger partial charge < -0.3 is 10.0 Å². The number of hydrogen-bond donors (Lipinski definition) is 1. The molecule has 2 heterocycles. The first-order chi connectivity index (χ1) is 11.9. The van der Waals surface area contributed by atoms with E-state index in [0.29, 0.717) is 11.5 Å². The number of aryl methyl sites for hydroxylation is 1. The summed E-state index contributed by atoms with van der Waals surface area (Å²) in [6.07, 6.45) is 2.20. The lowest BCUT2D eigenvalue weighted by molar-refractivity contribution is 0.199. The zero-order valence-electron chi connectivity index (χ0n) is 14.6. The average molecular weight is 340 g/mol. The molecule has 0 saturated heterocycles. The molecule has 130 valence electrons. The van der Waals surface area contributed by atoms with E-state index < -0.39 is 6.09 Å². The molecular formula is C17H20N6O2. The summed E-state index contributed by atoms with van der Waals surface area (Å²) in [5, 5.41) is 17.7. The lowest BCUT2D eigenvalue weighted by atomic mass is 10.2. The number of rotatable bonds is 4. The summed E-state index contributed by atoms with van der Waals surface area (Å²) in [7, 11) is 1.89. The minimum absolute atomic E-state index is 0.249. The minimum Gasteiger partial charge on any atom is -0.465 e. The van der Waals surface area contributed by atoms with Crippen LogP contribution in [0.1, 0.15) is 19.4 Å². The molecule has 0 aliphatic carbocycles. The van der Waals surface area contributed by atoms with Gasteiger partial charge in [-0.05, 0) is 32.9 Å². The molecule has 0 saturated carbocycles. The number of carboxylic acid groups (broad SMARTS) is 1. The van der Waals surface area contributed by atoms with Crippen molar-refractivity contribution in [3.63, 3.8) is 0 Å². The van der Waals surface area contributed by atoms with Crippen molar-refractivity contribution in [3.8, 4) is 0 Å².